The molecule has 0 spiro atoms. The van der Waals surface area contributed by atoms with Crippen LogP contribution in [0.1, 0.15) is 6.42 Å². The SMILES string of the molecule is O=C1CCSNN1. The van der Waals surface area contributed by atoms with Crippen LogP contribution in [0.4, 0.5) is 0 Å². The van der Waals surface area contributed by atoms with Gasteiger partial charge in [-0.2, -0.15) is 4.83 Å². The number of hydrogen-bond donors (Lipinski definition) is 2. The predicted molar refractivity (Wildman–Crippen MR) is 28.4 cm³/mol. The zero-order valence-electron chi connectivity index (χ0n) is 3.73. The Balaban J connectivity index is 2.25. The summed E-state index contributed by atoms with van der Waals surface area (Å²) in [4.78, 5) is 12.9. The third-order valence-corrected chi connectivity index (χ3v) is 1.35. The smallest absolute Gasteiger partial charge is 0.235 e. The first-order chi connectivity index (χ1) is 3.39. The van der Waals surface area contributed by atoms with Gasteiger partial charge in [0.15, 0.2) is 0 Å². The van der Waals surface area contributed by atoms with Crippen LogP contribution in [0.25, 0.3) is 0 Å². The standard InChI is InChI=1S/C3H6N2OS/c6-3-1-2-7-5-4-3/h5H,1-2H2,(H,4,6). The molecule has 7 heavy (non-hydrogen) atoms. The second kappa shape index (κ2) is 2.18. The molecule has 0 aromatic rings. The predicted octanol–water partition coefficient (Wildman–Crippen LogP) is -0.341. The van der Waals surface area contributed by atoms with Gasteiger partial charge in [0.1, 0.15) is 0 Å². The summed E-state index contributed by atoms with van der Waals surface area (Å²) >= 11 is 1.52. The summed E-state index contributed by atoms with van der Waals surface area (Å²) in [5.41, 5.74) is 2.46. The number of rotatable bonds is 0. The van der Waals surface area contributed by atoms with Crippen LogP contribution < -0.4 is 10.3 Å². The third-order valence-electron chi connectivity index (χ3n) is 0.694. The Labute approximate surface area is 46.0 Å². The van der Waals surface area contributed by atoms with Crippen molar-refractivity contribution in [2.24, 2.45) is 0 Å². The quantitative estimate of drug-likeness (QED) is 0.427. The van der Waals surface area contributed by atoms with Gasteiger partial charge in [0.2, 0.25) is 5.91 Å². The minimum absolute atomic E-state index is 0.0822. The molecule has 0 aliphatic carbocycles. The Bertz CT molecular complexity index is 77.0. The van der Waals surface area contributed by atoms with E-state index in [1.165, 1.54) is 11.9 Å². The fourth-order valence-corrected chi connectivity index (χ4v) is 0.926. The van der Waals surface area contributed by atoms with Gasteiger partial charge in [0.25, 0.3) is 0 Å². The zero-order valence-corrected chi connectivity index (χ0v) is 4.55. The number of hydrogen-bond acceptors (Lipinski definition) is 3. The molecular weight excluding hydrogens is 112 g/mol. The van der Waals surface area contributed by atoms with Crippen molar-refractivity contribution in [3.63, 3.8) is 0 Å². The van der Waals surface area contributed by atoms with E-state index in [2.05, 4.69) is 10.3 Å². The van der Waals surface area contributed by atoms with Gasteiger partial charge >= 0.3 is 0 Å². The van der Waals surface area contributed by atoms with E-state index in [1.807, 2.05) is 0 Å². The first-order valence-electron chi connectivity index (χ1n) is 2.05. The molecule has 2 N–H and O–H groups in total. The minimum Gasteiger partial charge on any atom is -0.282 e. The van der Waals surface area contributed by atoms with Crippen LogP contribution in [0.3, 0.4) is 0 Å². The van der Waals surface area contributed by atoms with Crippen molar-refractivity contribution in [1.29, 1.82) is 0 Å². The van der Waals surface area contributed by atoms with Crippen molar-refractivity contribution in [2.75, 3.05) is 5.75 Å². The number of hydrazine groups is 1. The first kappa shape index (κ1) is 4.93. The molecule has 3 nitrogen and oxygen atoms in total. The molecule has 40 valence electrons. The summed E-state index contributed by atoms with van der Waals surface area (Å²) in [6.07, 6.45) is 0.637. The molecule has 0 radical (unpaired) electrons. The molecule has 0 saturated carbocycles. The molecule has 1 aliphatic rings. The van der Waals surface area contributed by atoms with E-state index in [4.69, 9.17) is 0 Å². The molecule has 0 atom stereocenters. The average molecular weight is 118 g/mol. The lowest BCUT2D eigenvalue weighted by Crippen LogP contribution is -2.37. The number of carbonyl (C=O) groups is 1. The molecule has 1 aliphatic heterocycles. The highest BCUT2D eigenvalue weighted by atomic mass is 32.2. The highest BCUT2D eigenvalue weighted by Crippen LogP contribution is 1.98. The maximum atomic E-state index is 10.3. The van der Waals surface area contributed by atoms with Gasteiger partial charge in [-0.15, -0.1) is 0 Å². The summed E-state index contributed by atoms with van der Waals surface area (Å²) in [5, 5.41) is 0. The fraction of sp³-hybridized carbons (Fsp3) is 0.667. The van der Waals surface area contributed by atoms with Crippen molar-refractivity contribution in [1.82, 2.24) is 10.3 Å². The van der Waals surface area contributed by atoms with Crippen molar-refractivity contribution < 1.29 is 4.79 Å². The molecular formula is C3H6N2OS. The first-order valence-corrected chi connectivity index (χ1v) is 3.04. The molecule has 1 amide bonds. The summed E-state index contributed by atoms with van der Waals surface area (Å²) in [5.74, 6) is 0.963. The molecule has 0 aromatic carbocycles. The highest BCUT2D eigenvalue weighted by molar-refractivity contribution is 7.97. The lowest BCUT2D eigenvalue weighted by Gasteiger charge is -2.09. The zero-order chi connectivity index (χ0) is 5.11. The molecule has 0 aromatic heterocycles. The Kier molecular flexibility index (Phi) is 1.54. The average Bonchev–Trinajstić information content (AvgIpc) is 1.69. The lowest BCUT2D eigenvalue weighted by molar-refractivity contribution is -0.121. The van der Waals surface area contributed by atoms with Gasteiger partial charge in [-0.3, -0.25) is 10.2 Å². The van der Waals surface area contributed by atoms with Crippen LogP contribution in [0.5, 0.6) is 0 Å². The topological polar surface area (TPSA) is 41.1 Å². The van der Waals surface area contributed by atoms with Gasteiger partial charge in [-0.1, -0.05) is 11.9 Å². The maximum absolute atomic E-state index is 10.3. The summed E-state index contributed by atoms with van der Waals surface area (Å²) in [7, 11) is 0. The van der Waals surface area contributed by atoms with E-state index in [1.54, 1.807) is 0 Å². The molecule has 0 bridgehead atoms. The van der Waals surface area contributed by atoms with Crippen molar-refractivity contribution in [3.05, 3.63) is 0 Å². The Morgan fingerprint density at radius 1 is 1.71 bits per heavy atom. The summed E-state index contributed by atoms with van der Waals surface area (Å²) < 4.78 is 0. The normalized spacial score (nSPS) is 21.4. The van der Waals surface area contributed by atoms with E-state index in [0.29, 0.717) is 6.42 Å². The third kappa shape index (κ3) is 1.36. The van der Waals surface area contributed by atoms with Crippen LogP contribution in [-0.4, -0.2) is 11.7 Å². The fourth-order valence-electron chi connectivity index (χ4n) is 0.350. The van der Waals surface area contributed by atoms with Gasteiger partial charge in [0.05, 0.1) is 0 Å². The van der Waals surface area contributed by atoms with Crippen LogP contribution in [0, 0.1) is 0 Å². The second-order valence-electron chi connectivity index (χ2n) is 1.25. The molecule has 0 unspecified atom stereocenters. The summed E-state index contributed by atoms with van der Waals surface area (Å²) in [6.45, 7) is 0. The molecule has 4 heteroatoms. The van der Waals surface area contributed by atoms with Gasteiger partial charge < -0.3 is 0 Å². The molecule has 1 saturated heterocycles. The van der Waals surface area contributed by atoms with E-state index in [-0.39, 0.29) is 5.91 Å². The van der Waals surface area contributed by atoms with Crippen LogP contribution in [-0.2, 0) is 4.79 Å². The largest absolute Gasteiger partial charge is 0.282 e. The Morgan fingerprint density at radius 2 is 2.57 bits per heavy atom. The summed E-state index contributed by atoms with van der Waals surface area (Å²) in [6, 6.07) is 0. The van der Waals surface area contributed by atoms with Crippen molar-refractivity contribution >= 4 is 17.9 Å². The van der Waals surface area contributed by atoms with Gasteiger partial charge in [0, 0.05) is 12.2 Å². The number of amides is 1. The van der Waals surface area contributed by atoms with Crippen molar-refractivity contribution in [2.45, 2.75) is 6.42 Å². The Morgan fingerprint density at radius 3 is 2.86 bits per heavy atom. The van der Waals surface area contributed by atoms with Crippen LogP contribution in [0.2, 0.25) is 0 Å². The number of carbonyl (C=O) groups excluding carboxylic acids is 1. The van der Waals surface area contributed by atoms with Crippen LogP contribution in [0.15, 0.2) is 0 Å². The van der Waals surface area contributed by atoms with Crippen LogP contribution >= 0.6 is 11.9 Å². The second-order valence-corrected chi connectivity index (χ2v) is 2.15. The monoisotopic (exact) mass is 118 g/mol. The highest BCUT2D eigenvalue weighted by Gasteiger charge is 2.04. The lowest BCUT2D eigenvalue weighted by atomic mass is 10.5. The van der Waals surface area contributed by atoms with E-state index < -0.39 is 0 Å². The van der Waals surface area contributed by atoms with Gasteiger partial charge in [-0.05, 0) is 0 Å². The van der Waals surface area contributed by atoms with E-state index in [9.17, 15) is 4.79 Å². The van der Waals surface area contributed by atoms with Crippen molar-refractivity contribution in [3.8, 4) is 0 Å². The molecule has 1 heterocycles. The number of nitrogens with one attached hydrogen (secondary N) is 2. The van der Waals surface area contributed by atoms with E-state index >= 15 is 0 Å². The minimum atomic E-state index is 0.0822. The van der Waals surface area contributed by atoms with E-state index in [0.717, 1.165) is 5.75 Å². The molecule has 1 fully saturated rings. The Hall–Kier alpha value is -0.220. The molecule has 1 rings (SSSR count). The maximum Gasteiger partial charge on any atom is 0.235 e. The van der Waals surface area contributed by atoms with Gasteiger partial charge in [-0.25, -0.2) is 0 Å².